The largest absolute Gasteiger partial charge is 0.373 e. The van der Waals surface area contributed by atoms with Gasteiger partial charge in [0.15, 0.2) is 5.78 Å². The van der Waals surface area contributed by atoms with E-state index in [9.17, 15) is 4.79 Å². The molecule has 4 rings (SSSR count). The lowest BCUT2D eigenvalue weighted by Crippen LogP contribution is -2.51. The molecule has 1 aromatic rings. The van der Waals surface area contributed by atoms with Crippen molar-refractivity contribution in [2.45, 2.75) is 18.4 Å². The summed E-state index contributed by atoms with van der Waals surface area (Å²) < 4.78 is 5.52. The topological polar surface area (TPSA) is 39.2 Å². The van der Waals surface area contributed by atoms with E-state index in [4.69, 9.17) is 16.3 Å². The third-order valence-electron chi connectivity index (χ3n) is 3.55. The summed E-state index contributed by atoms with van der Waals surface area (Å²) in [6, 6.07) is 0. The molecule has 3 nitrogen and oxygen atoms in total. The Balaban J connectivity index is 2.26. The van der Waals surface area contributed by atoms with Crippen molar-refractivity contribution in [3.63, 3.8) is 0 Å². The van der Waals surface area contributed by atoms with Crippen LogP contribution in [0.4, 0.5) is 0 Å². The Morgan fingerprint density at radius 2 is 2.27 bits per heavy atom. The zero-order valence-corrected chi connectivity index (χ0v) is 9.04. The lowest BCUT2D eigenvalue weighted by molar-refractivity contribution is -0.108. The summed E-state index contributed by atoms with van der Waals surface area (Å²) in [5.74, 6) is 0.244. The Hall–Kier alpha value is -0.930. The SMILES string of the molecule is COC12CC(C1)C(=O)c1c(Cl)cncc12. The van der Waals surface area contributed by atoms with Crippen LogP contribution in [0.3, 0.4) is 0 Å². The number of hydrogen-bond donors (Lipinski definition) is 0. The molecule has 0 radical (unpaired) electrons. The van der Waals surface area contributed by atoms with E-state index in [0.717, 1.165) is 18.4 Å². The molecule has 0 unspecified atom stereocenters. The number of ketones is 1. The number of rotatable bonds is 1. The van der Waals surface area contributed by atoms with Gasteiger partial charge >= 0.3 is 0 Å². The fraction of sp³-hybridized carbons (Fsp3) is 0.455. The van der Waals surface area contributed by atoms with Gasteiger partial charge in [0, 0.05) is 36.5 Å². The molecule has 0 spiro atoms. The summed E-state index contributed by atoms with van der Waals surface area (Å²) in [7, 11) is 1.68. The number of nitrogens with zero attached hydrogens (tertiary/aromatic N) is 1. The molecule has 2 bridgehead atoms. The molecule has 0 saturated heterocycles. The minimum atomic E-state index is -0.300. The molecule has 1 saturated carbocycles. The minimum absolute atomic E-state index is 0.0948. The second kappa shape index (κ2) is 2.80. The van der Waals surface area contributed by atoms with Crippen molar-refractivity contribution in [2.24, 2.45) is 5.92 Å². The summed E-state index contributed by atoms with van der Waals surface area (Å²) in [4.78, 5) is 16.0. The van der Waals surface area contributed by atoms with E-state index in [1.54, 1.807) is 13.3 Å². The highest BCUT2D eigenvalue weighted by atomic mass is 35.5. The van der Waals surface area contributed by atoms with Crippen LogP contribution in [0.2, 0.25) is 5.02 Å². The van der Waals surface area contributed by atoms with Crippen LogP contribution in [-0.4, -0.2) is 17.9 Å². The van der Waals surface area contributed by atoms with Gasteiger partial charge in [-0.3, -0.25) is 9.78 Å². The first-order chi connectivity index (χ1) is 7.18. The molecule has 0 atom stereocenters. The van der Waals surface area contributed by atoms with E-state index in [1.807, 2.05) is 0 Å². The molecular weight excluding hydrogens is 214 g/mol. The van der Waals surface area contributed by atoms with Gasteiger partial charge in [0.25, 0.3) is 0 Å². The molecule has 1 heterocycles. The van der Waals surface area contributed by atoms with Gasteiger partial charge in [0.1, 0.15) is 0 Å². The lowest BCUT2D eigenvalue weighted by Gasteiger charge is -2.50. The van der Waals surface area contributed by atoms with Crippen molar-refractivity contribution in [3.8, 4) is 0 Å². The van der Waals surface area contributed by atoms with E-state index < -0.39 is 0 Å². The number of pyridine rings is 1. The predicted molar refractivity (Wildman–Crippen MR) is 55.0 cm³/mol. The highest BCUT2D eigenvalue weighted by molar-refractivity contribution is 6.34. The molecule has 1 aromatic heterocycles. The molecule has 1 fully saturated rings. The molecule has 3 aliphatic carbocycles. The van der Waals surface area contributed by atoms with Crippen LogP contribution in [0.15, 0.2) is 12.4 Å². The minimum Gasteiger partial charge on any atom is -0.373 e. The van der Waals surface area contributed by atoms with Crippen LogP contribution >= 0.6 is 11.6 Å². The van der Waals surface area contributed by atoms with Gasteiger partial charge in [-0.25, -0.2) is 0 Å². The molecule has 15 heavy (non-hydrogen) atoms. The Bertz CT molecular complexity index is 452. The van der Waals surface area contributed by atoms with E-state index in [-0.39, 0.29) is 17.3 Å². The highest BCUT2D eigenvalue weighted by Crippen LogP contribution is 2.55. The van der Waals surface area contributed by atoms with Crippen LogP contribution in [0.1, 0.15) is 28.8 Å². The van der Waals surface area contributed by atoms with Crippen LogP contribution in [0, 0.1) is 5.92 Å². The first-order valence-electron chi connectivity index (χ1n) is 4.91. The predicted octanol–water partition coefficient (Wildman–Crippen LogP) is 2.18. The zero-order chi connectivity index (χ0) is 10.6. The average molecular weight is 224 g/mol. The third-order valence-corrected chi connectivity index (χ3v) is 3.84. The Morgan fingerprint density at radius 1 is 1.53 bits per heavy atom. The number of Topliss-reactive ketones (excluding diaryl/α,β-unsaturated/α-hetero) is 1. The molecule has 0 aromatic carbocycles. The smallest absolute Gasteiger partial charge is 0.168 e. The Labute approximate surface area is 92.4 Å². The maximum absolute atomic E-state index is 12.0. The molecule has 4 heteroatoms. The summed E-state index contributed by atoms with van der Waals surface area (Å²) in [5, 5.41) is 0.448. The normalized spacial score (nSPS) is 32.1. The maximum Gasteiger partial charge on any atom is 0.168 e. The summed E-state index contributed by atoms with van der Waals surface area (Å²) >= 11 is 6.00. The van der Waals surface area contributed by atoms with Gasteiger partial charge in [-0.15, -0.1) is 0 Å². The maximum atomic E-state index is 12.0. The lowest BCUT2D eigenvalue weighted by atomic mass is 9.59. The Kier molecular flexibility index (Phi) is 1.74. The standard InChI is InChI=1S/C11H10ClNO2/c1-15-11-2-6(3-11)10(14)9-7(11)4-13-5-8(9)12/h4-6H,2-3H2,1H3. The van der Waals surface area contributed by atoms with Crippen molar-refractivity contribution in [2.75, 3.05) is 7.11 Å². The summed E-state index contributed by atoms with van der Waals surface area (Å²) in [5.41, 5.74) is 1.19. The fourth-order valence-electron chi connectivity index (χ4n) is 2.65. The highest BCUT2D eigenvalue weighted by Gasteiger charge is 2.55. The second-order valence-electron chi connectivity index (χ2n) is 4.21. The van der Waals surface area contributed by atoms with Gasteiger partial charge in [0.05, 0.1) is 10.6 Å². The van der Waals surface area contributed by atoms with Gasteiger partial charge in [0.2, 0.25) is 0 Å². The number of methoxy groups -OCH3 is 1. The van der Waals surface area contributed by atoms with Gasteiger partial charge in [-0.05, 0) is 12.8 Å². The first kappa shape index (κ1) is 9.31. The van der Waals surface area contributed by atoms with Crippen molar-refractivity contribution < 1.29 is 9.53 Å². The van der Waals surface area contributed by atoms with Gasteiger partial charge in [-0.1, -0.05) is 11.6 Å². The monoisotopic (exact) mass is 223 g/mol. The molecule has 0 amide bonds. The molecule has 3 aliphatic rings. The van der Waals surface area contributed by atoms with E-state index >= 15 is 0 Å². The summed E-state index contributed by atoms with van der Waals surface area (Å²) in [6.07, 6.45) is 4.78. The fourth-order valence-corrected chi connectivity index (χ4v) is 2.90. The molecule has 0 aliphatic heterocycles. The summed E-state index contributed by atoms with van der Waals surface area (Å²) in [6.45, 7) is 0. The van der Waals surface area contributed by atoms with E-state index in [1.165, 1.54) is 6.20 Å². The number of ether oxygens (including phenoxy) is 1. The average Bonchev–Trinajstić information content (AvgIpc) is 2.16. The van der Waals surface area contributed by atoms with Crippen LogP contribution < -0.4 is 0 Å². The van der Waals surface area contributed by atoms with Crippen LogP contribution in [-0.2, 0) is 10.3 Å². The van der Waals surface area contributed by atoms with Gasteiger partial charge in [-0.2, -0.15) is 0 Å². The number of carbonyl (C=O) groups is 1. The van der Waals surface area contributed by atoms with Crippen LogP contribution in [0.25, 0.3) is 0 Å². The molecule has 0 N–H and O–H groups in total. The van der Waals surface area contributed by atoms with Crippen molar-refractivity contribution in [1.29, 1.82) is 0 Å². The number of aromatic nitrogens is 1. The van der Waals surface area contributed by atoms with Crippen molar-refractivity contribution in [3.05, 3.63) is 28.5 Å². The number of carbonyl (C=O) groups excluding carboxylic acids is 1. The quantitative estimate of drug-likeness (QED) is 0.733. The Morgan fingerprint density at radius 3 is 2.93 bits per heavy atom. The third kappa shape index (κ3) is 0.998. The van der Waals surface area contributed by atoms with E-state index in [2.05, 4.69) is 4.98 Å². The molecular formula is C11H10ClNO2. The van der Waals surface area contributed by atoms with Crippen molar-refractivity contribution in [1.82, 2.24) is 4.98 Å². The number of hydrogen-bond acceptors (Lipinski definition) is 3. The van der Waals surface area contributed by atoms with Crippen LogP contribution in [0.5, 0.6) is 0 Å². The van der Waals surface area contributed by atoms with Crippen molar-refractivity contribution >= 4 is 17.4 Å². The zero-order valence-electron chi connectivity index (χ0n) is 8.29. The number of halogens is 1. The van der Waals surface area contributed by atoms with E-state index in [0.29, 0.717) is 10.6 Å². The molecule has 78 valence electrons. The second-order valence-corrected chi connectivity index (χ2v) is 4.62. The van der Waals surface area contributed by atoms with Gasteiger partial charge < -0.3 is 4.74 Å². The first-order valence-corrected chi connectivity index (χ1v) is 5.29.